The van der Waals surface area contributed by atoms with Crippen LogP contribution in [0.5, 0.6) is 0 Å². The maximum atomic E-state index is 11.9. The third-order valence-electron chi connectivity index (χ3n) is 13.1. The molecular weight excluding hydrogens is 656 g/mol. The molecule has 10 aliphatic rings. The van der Waals surface area contributed by atoms with Crippen molar-refractivity contribution in [1.82, 2.24) is 0 Å². The number of hydrogen-bond donors (Lipinski definition) is 1. The second-order valence-corrected chi connectivity index (χ2v) is 17.2. The molecule has 8 bridgehead atoms. The molecule has 11 nitrogen and oxygen atoms in total. The van der Waals surface area contributed by atoms with Crippen molar-refractivity contribution in [1.29, 1.82) is 0 Å². The zero-order chi connectivity index (χ0) is 36.3. The Labute approximate surface area is 300 Å². The number of fused-ring (bicyclic) bond motifs is 3. The summed E-state index contributed by atoms with van der Waals surface area (Å²) in [4.78, 5) is 45.4. The molecule has 0 aromatic rings. The van der Waals surface area contributed by atoms with Crippen LogP contribution in [0.2, 0.25) is 0 Å². The standard InChI is InChI=1S/C15H22O3.C14H20O3.C11H12O5/c1-10(2)14(16)18-15(7-3-4-8-15)12-9-11-5-6-13(12)17-11;1-9(2)12(15)17-14-6-10-3-11(7-14)5-13(16,4-10)8-14;1-5(3-12)11(13)16-9-7-2-6-4-14-10(9)8(6)15-7/h11-13H,1,3-9H2,2H3;10-11,16H,1,3-8H2,2H3;6-10H,2,4H2,1H3. The van der Waals surface area contributed by atoms with E-state index in [0.29, 0.717) is 60.1 Å². The van der Waals surface area contributed by atoms with E-state index in [2.05, 4.69) is 13.2 Å². The van der Waals surface area contributed by atoms with Crippen LogP contribution in [0, 0.1) is 23.7 Å². The summed E-state index contributed by atoms with van der Waals surface area (Å²) in [6, 6.07) is 0. The smallest absolute Gasteiger partial charge is 0.345 e. The summed E-state index contributed by atoms with van der Waals surface area (Å²) in [5.41, 5.74) is -0.306. The maximum Gasteiger partial charge on any atom is 0.345 e. The number of aliphatic hydroxyl groups is 1. The molecule has 0 aromatic carbocycles. The Morgan fingerprint density at radius 2 is 1.47 bits per heavy atom. The van der Waals surface area contributed by atoms with Gasteiger partial charge in [0.2, 0.25) is 0 Å². The summed E-state index contributed by atoms with van der Waals surface area (Å²) in [6.45, 7) is 12.8. The van der Waals surface area contributed by atoms with Crippen LogP contribution in [0.15, 0.2) is 29.9 Å². The lowest BCUT2D eigenvalue weighted by Crippen LogP contribution is -2.60. The molecule has 11 heteroatoms. The average molecular weight is 711 g/mol. The molecule has 5 saturated carbocycles. The van der Waals surface area contributed by atoms with Gasteiger partial charge in [-0.05, 0) is 116 Å². The van der Waals surface area contributed by atoms with Crippen LogP contribution in [-0.2, 0) is 47.6 Å². The summed E-state index contributed by atoms with van der Waals surface area (Å²) in [5, 5.41) is 10.5. The van der Waals surface area contributed by atoms with Crippen LogP contribution in [0.25, 0.3) is 0 Å². The largest absolute Gasteiger partial charge is 0.456 e. The summed E-state index contributed by atoms with van der Waals surface area (Å²) >= 11 is 0. The third kappa shape index (κ3) is 7.13. The molecule has 0 amide bonds. The van der Waals surface area contributed by atoms with Gasteiger partial charge in [-0.3, -0.25) is 0 Å². The van der Waals surface area contributed by atoms with E-state index in [1.807, 2.05) is 0 Å². The van der Waals surface area contributed by atoms with Crippen molar-refractivity contribution >= 4 is 23.8 Å². The predicted octanol–water partition coefficient (Wildman–Crippen LogP) is 5.04. The van der Waals surface area contributed by atoms with Gasteiger partial charge < -0.3 is 33.5 Å². The van der Waals surface area contributed by atoms with E-state index in [1.54, 1.807) is 13.8 Å². The summed E-state index contributed by atoms with van der Waals surface area (Å²) < 4.78 is 34.0. The fourth-order valence-electron chi connectivity index (χ4n) is 11.3. The Bertz CT molecular complexity index is 1470. The number of esters is 3. The van der Waals surface area contributed by atoms with Crippen LogP contribution in [-0.4, -0.2) is 89.0 Å². The van der Waals surface area contributed by atoms with Crippen LogP contribution in [0.3, 0.4) is 0 Å². The normalized spacial score (nSPS) is 42.2. The molecule has 5 aliphatic heterocycles. The highest BCUT2D eigenvalue weighted by Gasteiger charge is 2.61. The van der Waals surface area contributed by atoms with Crippen molar-refractivity contribution in [2.45, 2.75) is 164 Å². The van der Waals surface area contributed by atoms with Crippen LogP contribution in [0.1, 0.15) is 111 Å². The number of carbonyl (C=O) groups is 3. The molecule has 5 aliphatic carbocycles. The van der Waals surface area contributed by atoms with Crippen molar-refractivity contribution in [2.24, 2.45) is 23.7 Å². The fraction of sp³-hybridized carbons (Fsp3) is 0.775. The first-order chi connectivity index (χ1) is 24.2. The van der Waals surface area contributed by atoms with Crippen LogP contribution in [0.4, 0.5) is 0 Å². The Morgan fingerprint density at radius 3 is 2.04 bits per heavy atom. The predicted molar refractivity (Wildman–Crippen MR) is 183 cm³/mol. The van der Waals surface area contributed by atoms with Gasteiger partial charge in [-0.25, -0.2) is 19.2 Å². The Kier molecular flexibility index (Phi) is 9.93. The topological polar surface area (TPSA) is 144 Å². The molecule has 1 N–H and O–H groups in total. The zero-order valence-electron chi connectivity index (χ0n) is 30.3. The molecule has 0 spiro atoms. The first-order valence-electron chi connectivity index (χ1n) is 19.1. The summed E-state index contributed by atoms with van der Waals surface area (Å²) in [7, 11) is 0. The summed E-state index contributed by atoms with van der Waals surface area (Å²) in [6.07, 6.45) is 14.4. The second-order valence-electron chi connectivity index (χ2n) is 17.2. The third-order valence-corrected chi connectivity index (χ3v) is 13.1. The first kappa shape index (κ1) is 36.5. The van der Waals surface area contributed by atoms with E-state index in [-0.39, 0.29) is 47.5 Å². The van der Waals surface area contributed by atoms with Gasteiger partial charge in [0, 0.05) is 29.4 Å². The van der Waals surface area contributed by atoms with Crippen molar-refractivity contribution < 1.29 is 52.7 Å². The van der Waals surface area contributed by atoms with E-state index in [1.165, 1.54) is 25.7 Å². The van der Waals surface area contributed by atoms with Crippen molar-refractivity contribution in [3.05, 3.63) is 29.9 Å². The zero-order valence-corrected chi connectivity index (χ0v) is 30.3. The highest BCUT2D eigenvalue weighted by molar-refractivity contribution is 5.96. The molecule has 51 heavy (non-hydrogen) atoms. The van der Waals surface area contributed by atoms with Gasteiger partial charge in [-0.15, -0.1) is 0 Å². The van der Waals surface area contributed by atoms with Gasteiger partial charge in [0.15, 0.2) is 6.10 Å². The molecular formula is C40H54O11. The number of carbonyl (C=O) groups excluding carboxylic acids is 4. The number of ether oxygens (including phenoxy) is 6. The molecule has 10 rings (SSSR count). The molecule has 10 fully saturated rings. The number of hydrogen-bond acceptors (Lipinski definition) is 11. The molecule has 280 valence electrons. The molecule has 10 atom stereocenters. The van der Waals surface area contributed by atoms with E-state index in [9.17, 15) is 24.3 Å². The minimum Gasteiger partial charge on any atom is -0.456 e. The monoisotopic (exact) mass is 710 g/mol. The minimum absolute atomic E-state index is 0.0441. The van der Waals surface area contributed by atoms with E-state index in [4.69, 9.17) is 28.4 Å². The van der Waals surface area contributed by atoms with Gasteiger partial charge in [0.05, 0.1) is 36.6 Å². The van der Waals surface area contributed by atoms with Crippen LogP contribution < -0.4 is 0 Å². The summed E-state index contributed by atoms with van der Waals surface area (Å²) in [5.74, 6) is 2.35. The molecule has 5 saturated heterocycles. The van der Waals surface area contributed by atoms with Gasteiger partial charge in [-0.2, -0.15) is 0 Å². The Balaban J connectivity index is 0.000000120. The minimum atomic E-state index is -0.622. The van der Waals surface area contributed by atoms with E-state index in [0.717, 1.165) is 70.6 Å². The molecule has 0 radical (unpaired) electrons. The second kappa shape index (κ2) is 13.9. The molecule has 0 aromatic heterocycles. The lowest BCUT2D eigenvalue weighted by atomic mass is 9.52. The lowest BCUT2D eigenvalue weighted by molar-refractivity contribution is -0.217. The van der Waals surface area contributed by atoms with Gasteiger partial charge in [0.25, 0.3) is 0 Å². The Morgan fingerprint density at radius 1 is 0.804 bits per heavy atom. The maximum absolute atomic E-state index is 11.9. The molecule has 5 heterocycles. The quantitative estimate of drug-likeness (QED) is 0.164. The highest BCUT2D eigenvalue weighted by atomic mass is 16.6. The fourth-order valence-corrected chi connectivity index (χ4v) is 11.3. The average Bonchev–Trinajstić information content (AvgIpc) is 3.91. The van der Waals surface area contributed by atoms with Gasteiger partial charge in [0.1, 0.15) is 28.8 Å². The van der Waals surface area contributed by atoms with Crippen molar-refractivity contribution in [3.63, 3.8) is 0 Å². The van der Waals surface area contributed by atoms with Crippen molar-refractivity contribution in [3.8, 4) is 0 Å². The highest BCUT2D eigenvalue weighted by Crippen LogP contribution is 2.59. The van der Waals surface area contributed by atoms with E-state index < -0.39 is 17.2 Å². The van der Waals surface area contributed by atoms with Crippen molar-refractivity contribution in [2.75, 3.05) is 6.61 Å². The lowest BCUT2D eigenvalue weighted by Gasteiger charge is -2.59. The SMILES string of the molecule is C=C(C)C(=O)OC1(C2CC3CCC2O3)CCCC1.C=C(C)C(=O)OC12CC3CC(CC(O)(C3)C1)C2.CC(=C=O)C(=O)OC1C2CC3COC1C3O2. The van der Waals surface area contributed by atoms with Gasteiger partial charge >= 0.3 is 17.9 Å². The number of rotatable bonds is 7. The van der Waals surface area contributed by atoms with E-state index >= 15 is 0 Å². The van der Waals surface area contributed by atoms with Gasteiger partial charge in [-0.1, -0.05) is 13.2 Å². The van der Waals surface area contributed by atoms with Crippen LogP contribution >= 0.6 is 0 Å². The Hall–Kier alpha value is -2.82. The first-order valence-corrected chi connectivity index (χ1v) is 19.1. The molecule has 10 unspecified atom stereocenters.